The minimum Gasteiger partial charge on any atom is -0.325 e. The molecule has 1 saturated heterocycles. The van der Waals surface area contributed by atoms with Crippen LogP contribution >= 0.6 is 0 Å². The van der Waals surface area contributed by atoms with Crippen molar-refractivity contribution in [2.75, 3.05) is 31.5 Å². The summed E-state index contributed by atoms with van der Waals surface area (Å²) in [5, 5.41) is 6.49. The number of imidazole rings is 1. The van der Waals surface area contributed by atoms with Gasteiger partial charge in [-0.2, -0.15) is 0 Å². The molecule has 1 fully saturated rings. The maximum absolute atomic E-state index is 14.9. The third-order valence-electron chi connectivity index (χ3n) is 6.98. The van der Waals surface area contributed by atoms with Crippen LogP contribution < -0.4 is 10.6 Å². The molecule has 1 aromatic carbocycles. The number of nitrogens with one attached hydrogen (secondary N) is 2. The predicted octanol–water partition coefficient (Wildman–Crippen LogP) is 3.99. The van der Waals surface area contributed by atoms with Gasteiger partial charge in [0.25, 0.3) is 0 Å². The number of anilines is 2. The molecule has 2 aliphatic heterocycles. The quantitative estimate of drug-likeness (QED) is 0.454. The fraction of sp³-hybridized carbons (Fsp3) is 0.385. The molecule has 4 aromatic rings. The largest absolute Gasteiger partial charge is 0.325 e. The number of aryl methyl sites for hydroxylation is 2. The zero-order valence-corrected chi connectivity index (χ0v) is 20.1. The molecule has 1 unspecified atom stereocenters. The average molecular weight is 473 g/mol. The van der Waals surface area contributed by atoms with Gasteiger partial charge in [0.1, 0.15) is 17.3 Å². The van der Waals surface area contributed by atoms with E-state index in [1.54, 1.807) is 0 Å². The van der Waals surface area contributed by atoms with E-state index in [2.05, 4.69) is 48.0 Å². The maximum Gasteiger partial charge on any atom is 0.229 e. The molecule has 0 amide bonds. The topological polar surface area (TPSA) is 83.8 Å². The molecule has 35 heavy (non-hydrogen) atoms. The maximum atomic E-state index is 14.9. The Morgan fingerprint density at radius 1 is 1.11 bits per heavy atom. The van der Waals surface area contributed by atoms with Crippen molar-refractivity contribution in [3.63, 3.8) is 0 Å². The summed E-state index contributed by atoms with van der Waals surface area (Å²) in [5.41, 5.74) is 5.18. The molecular weight excluding hydrogens is 443 g/mol. The number of pyridine rings is 1. The highest BCUT2D eigenvalue weighted by atomic mass is 19.1. The van der Waals surface area contributed by atoms with Gasteiger partial charge in [0.15, 0.2) is 5.82 Å². The molecular formula is C26H29FN8. The van der Waals surface area contributed by atoms with Crippen molar-refractivity contribution >= 4 is 22.8 Å². The molecule has 2 N–H and O–H groups in total. The number of hydrogen-bond acceptors (Lipinski definition) is 7. The van der Waals surface area contributed by atoms with Crippen LogP contribution in [0.3, 0.4) is 0 Å². The Morgan fingerprint density at radius 2 is 1.97 bits per heavy atom. The number of halogens is 1. The molecule has 3 aromatic heterocycles. The van der Waals surface area contributed by atoms with Crippen molar-refractivity contribution in [3.8, 4) is 11.3 Å². The number of piperazine rings is 1. The van der Waals surface area contributed by atoms with E-state index in [1.165, 1.54) is 6.20 Å². The molecule has 0 radical (unpaired) electrons. The van der Waals surface area contributed by atoms with Crippen molar-refractivity contribution < 1.29 is 4.39 Å². The Balaban J connectivity index is 1.26. The van der Waals surface area contributed by atoms with Crippen LogP contribution in [0.1, 0.15) is 36.3 Å². The lowest BCUT2D eigenvalue weighted by Gasteiger charge is -2.27. The summed E-state index contributed by atoms with van der Waals surface area (Å²) >= 11 is 0. The van der Waals surface area contributed by atoms with E-state index in [0.717, 1.165) is 79.1 Å². The molecule has 6 rings (SSSR count). The second-order valence-electron chi connectivity index (χ2n) is 9.54. The zero-order chi connectivity index (χ0) is 23.9. The van der Waals surface area contributed by atoms with E-state index in [-0.39, 0.29) is 5.69 Å². The fourth-order valence-electron chi connectivity index (χ4n) is 5.15. The van der Waals surface area contributed by atoms with E-state index in [1.807, 2.05) is 31.3 Å². The molecule has 9 heteroatoms. The fourth-order valence-corrected chi connectivity index (χ4v) is 5.15. The lowest BCUT2D eigenvalue weighted by molar-refractivity contribution is 0.233. The van der Waals surface area contributed by atoms with Crippen LogP contribution in [-0.4, -0.2) is 55.6 Å². The summed E-state index contributed by atoms with van der Waals surface area (Å²) in [7, 11) is 0. The van der Waals surface area contributed by atoms with Crippen molar-refractivity contribution in [2.45, 2.75) is 39.3 Å². The van der Waals surface area contributed by atoms with Crippen LogP contribution in [0.5, 0.6) is 0 Å². The first kappa shape index (κ1) is 22.1. The molecule has 1 atom stereocenters. The smallest absolute Gasteiger partial charge is 0.229 e. The average Bonchev–Trinajstić information content (AvgIpc) is 3.42. The van der Waals surface area contributed by atoms with E-state index in [4.69, 9.17) is 4.98 Å². The number of nitrogens with zero attached hydrogens (tertiary/aromatic N) is 6. The number of hydrogen-bond donors (Lipinski definition) is 2. The lowest BCUT2D eigenvalue weighted by atomic mass is 10.1. The Morgan fingerprint density at radius 3 is 2.77 bits per heavy atom. The summed E-state index contributed by atoms with van der Waals surface area (Å²) in [6.45, 7) is 9.22. The van der Waals surface area contributed by atoms with E-state index in [0.29, 0.717) is 17.8 Å². The Labute approximate surface area is 203 Å². The first-order chi connectivity index (χ1) is 17.0. The normalized spacial score (nSPS) is 18.2. The van der Waals surface area contributed by atoms with Gasteiger partial charge in [0.2, 0.25) is 5.95 Å². The number of fused-ring (bicyclic) bond motifs is 3. The van der Waals surface area contributed by atoms with Gasteiger partial charge >= 0.3 is 0 Å². The molecule has 5 heterocycles. The van der Waals surface area contributed by atoms with E-state index < -0.39 is 5.82 Å². The van der Waals surface area contributed by atoms with Crippen molar-refractivity contribution in [2.24, 2.45) is 0 Å². The van der Waals surface area contributed by atoms with Gasteiger partial charge in [-0.15, -0.1) is 0 Å². The summed E-state index contributed by atoms with van der Waals surface area (Å²) in [6.07, 6.45) is 5.14. The Bertz CT molecular complexity index is 1370. The molecule has 0 bridgehead atoms. The van der Waals surface area contributed by atoms with Gasteiger partial charge in [0.05, 0.1) is 17.2 Å². The van der Waals surface area contributed by atoms with Crippen molar-refractivity contribution in [1.82, 2.24) is 34.7 Å². The summed E-state index contributed by atoms with van der Waals surface area (Å²) < 4.78 is 17.2. The molecule has 8 nitrogen and oxygen atoms in total. The minimum absolute atomic E-state index is 0.268. The van der Waals surface area contributed by atoms with Crippen LogP contribution in [0.15, 0.2) is 36.7 Å². The van der Waals surface area contributed by atoms with Gasteiger partial charge in [-0.3, -0.25) is 4.90 Å². The van der Waals surface area contributed by atoms with Gasteiger partial charge in [-0.25, -0.2) is 24.3 Å². The third kappa shape index (κ3) is 4.26. The van der Waals surface area contributed by atoms with Crippen molar-refractivity contribution in [1.29, 1.82) is 0 Å². The van der Waals surface area contributed by atoms with Crippen LogP contribution in [0, 0.1) is 12.7 Å². The molecule has 0 spiro atoms. The van der Waals surface area contributed by atoms with Crippen molar-refractivity contribution in [3.05, 3.63) is 59.4 Å². The molecule has 2 aliphatic rings. The number of benzene rings is 1. The van der Waals surface area contributed by atoms with Gasteiger partial charge in [-0.05, 0) is 49.6 Å². The van der Waals surface area contributed by atoms with Crippen LogP contribution in [0.25, 0.3) is 22.3 Å². The van der Waals surface area contributed by atoms with E-state index in [9.17, 15) is 4.39 Å². The van der Waals surface area contributed by atoms with Gasteiger partial charge in [0, 0.05) is 56.9 Å². The second kappa shape index (κ2) is 8.98. The Kier molecular flexibility index (Phi) is 5.66. The minimum atomic E-state index is -0.456. The van der Waals surface area contributed by atoms with Crippen LogP contribution in [0.4, 0.5) is 16.2 Å². The standard InChI is InChI=1S/C26H29FN8/c1-16-11-19(12-21-24(16)32-23-6-3-17(2)35(21)23)25-20(27)14-30-26(33-25)31-22-5-4-18(13-29-22)15-34-9-7-28-8-10-34/h4-5,11-14,17,28H,3,6-10,15H2,1-2H3,(H,29,30,31,33). The Hall–Kier alpha value is -3.43. The van der Waals surface area contributed by atoms with Crippen LogP contribution in [-0.2, 0) is 13.0 Å². The summed E-state index contributed by atoms with van der Waals surface area (Å²) in [4.78, 5) is 20.4. The molecule has 0 aliphatic carbocycles. The zero-order valence-electron chi connectivity index (χ0n) is 20.1. The highest BCUT2D eigenvalue weighted by Crippen LogP contribution is 2.35. The number of rotatable bonds is 5. The summed E-state index contributed by atoms with van der Waals surface area (Å²) in [6, 6.07) is 8.31. The highest BCUT2D eigenvalue weighted by molar-refractivity contribution is 5.85. The van der Waals surface area contributed by atoms with Gasteiger partial charge < -0.3 is 15.2 Å². The first-order valence-electron chi connectivity index (χ1n) is 12.2. The van der Waals surface area contributed by atoms with Crippen LogP contribution in [0.2, 0.25) is 0 Å². The van der Waals surface area contributed by atoms with Gasteiger partial charge in [-0.1, -0.05) is 6.07 Å². The predicted molar refractivity (Wildman–Crippen MR) is 134 cm³/mol. The SMILES string of the molecule is Cc1cc(-c2nc(Nc3ccc(CN4CCNCC4)cn3)ncc2F)cc2c1nc1n2C(C)CC1. The van der Waals surface area contributed by atoms with E-state index >= 15 is 0 Å². The molecule has 180 valence electrons. The summed E-state index contributed by atoms with van der Waals surface area (Å²) in [5.74, 6) is 1.58. The highest BCUT2D eigenvalue weighted by Gasteiger charge is 2.24. The lowest BCUT2D eigenvalue weighted by Crippen LogP contribution is -2.42. The second-order valence-corrected chi connectivity index (χ2v) is 9.54. The molecule has 0 saturated carbocycles. The third-order valence-corrected chi connectivity index (χ3v) is 6.98. The number of aromatic nitrogens is 5. The monoisotopic (exact) mass is 472 g/mol. The first-order valence-corrected chi connectivity index (χ1v) is 12.2.